The molecule has 0 aliphatic rings. The van der Waals surface area contributed by atoms with E-state index in [1.807, 2.05) is 0 Å². The summed E-state index contributed by atoms with van der Waals surface area (Å²) in [4.78, 5) is 2.42. The van der Waals surface area contributed by atoms with Gasteiger partial charge in [-0.2, -0.15) is 0 Å². The van der Waals surface area contributed by atoms with Crippen LogP contribution in [0.2, 0.25) is 0 Å². The molecule has 2 aromatic rings. The van der Waals surface area contributed by atoms with Crippen molar-refractivity contribution < 1.29 is 9.13 Å². The predicted molar refractivity (Wildman–Crippen MR) is 80.5 cm³/mol. The highest BCUT2D eigenvalue weighted by Gasteiger charge is 2.19. The molecule has 0 saturated carbocycles. The zero-order valence-corrected chi connectivity index (χ0v) is 13.8. The molecule has 0 fully saturated rings. The molecule has 0 amide bonds. The monoisotopic (exact) mass is 392 g/mol. The van der Waals surface area contributed by atoms with Gasteiger partial charge in [0.15, 0.2) is 0 Å². The fourth-order valence-corrected chi connectivity index (χ4v) is 3.69. The van der Waals surface area contributed by atoms with Crippen LogP contribution >= 0.6 is 43.2 Å². The molecule has 0 bridgehead atoms. The number of ether oxygens (including phenoxy) is 1. The van der Waals surface area contributed by atoms with Gasteiger partial charge in [0.2, 0.25) is 0 Å². The highest BCUT2D eigenvalue weighted by molar-refractivity contribution is 9.10. The lowest BCUT2D eigenvalue weighted by Crippen LogP contribution is -1.97. The van der Waals surface area contributed by atoms with Crippen LogP contribution in [0.15, 0.2) is 28.7 Å². The molecule has 0 radical (unpaired) electrons. The normalized spacial score (nSPS) is 12.5. The van der Waals surface area contributed by atoms with Crippen LogP contribution in [0.3, 0.4) is 0 Å². The average Bonchev–Trinajstić information content (AvgIpc) is 2.78. The van der Waals surface area contributed by atoms with Gasteiger partial charge in [-0.1, -0.05) is 15.9 Å². The second-order valence-electron chi connectivity index (χ2n) is 3.82. The second kappa shape index (κ2) is 5.72. The Labute approximate surface area is 126 Å². The summed E-state index contributed by atoms with van der Waals surface area (Å²) >= 11 is 8.56. The van der Waals surface area contributed by atoms with E-state index in [2.05, 4.69) is 50.9 Å². The Balaban J connectivity index is 2.46. The van der Waals surface area contributed by atoms with Crippen LogP contribution in [0.1, 0.15) is 20.1 Å². The van der Waals surface area contributed by atoms with E-state index in [-0.39, 0.29) is 10.6 Å². The lowest BCUT2D eigenvalue weighted by atomic mass is 10.1. The van der Waals surface area contributed by atoms with Gasteiger partial charge in [0.25, 0.3) is 0 Å². The van der Waals surface area contributed by atoms with Gasteiger partial charge < -0.3 is 4.74 Å². The minimum atomic E-state index is -0.322. The van der Waals surface area contributed by atoms with Gasteiger partial charge in [-0.25, -0.2) is 4.39 Å². The smallest absolute Gasteiger partial charge is 0.141 e. The number of aryl methyl sites for hydroxylation is 1. The Kier molecular flexibility index (Phi) is 4.45. The number of hydrogen-bond donors (Lipinski definition) is 0. The van der Waals surface area contributed by atoms with Gasteiger partial charge in [-0.05, 0) is 41.1 Å². The molecule has 2 rings (SSSR count). The maximum atomic E-state index is 13.5. The zero-order chi connectivity index (χ0) is 13.3. The molecule has 5 heteroatoms. The molecular formula is C13H11Br2FOS. The van der Waals surface area contributed by atoms with E-state index in [0.717, 1.165) is 5.56 Å². The van der Waals surface area contributed by atoms with Crippen molar-refractivity contribution in [3.8, 4) is 5.75 Å². The summed E-state index contributed by atoms with van der Waals surface area (Å²) in [5.41, 5.74) is 0.910. The minimum absolute atomic E-state index is 0.00282. The number of alkyl halides is 1. The molecule has 1 atom stereocenters. The van der Waals surface area contributed by atoms with Crippen LogP contribution in [0.25, 0.3) is 0 Å². The van der Waals surface area contributed by atoms with Crippen molar-refractivity contribution in [3.05, 3.63) is 49.9 Å². The first kappa shape index (κ1) is 14.0. The fourth-order valence-electron chi connectivity index (χ4n) is 1.66. The van der Waals surface area contributed by atoms with Gasteiger partial charge in [0.05, 0.1) is 16.4 Å². The third kappa shape index (κ3) is 2.78. The molecule has 0 N–H and O–H groups in total. The van der Waals surface area contributed by atoms with Crippen LogP contribution < -0.4 is 4.74 Å². The zero-order valence-electron chi connectivity index (χ0n) is 9.84. The van der Waals surface area contributed by atoms with Crippen molar-refractivity contribution >= 4 is 43.2 Å². The first-order valence-corrected chi connectivity index (χ1v) is 7.78. The topological polar surface area (TPSA) is 9.23 Å². The van der Waals surface area contributed by atoms with Gasteiger partial charge in [0, 0.05) is 21.4 Å². The number of rotatable bonds is 3. The van der Waals surface area contributed by atoms with Gasteiger partial charge >= 0.3 is 0 Å². The predicted octanol–water partition coefficient (Wildman–Crippen LogP) is 5.45. The van der Waals surface area contributed by atoms with E-state index in [0.29, 0.717) is 10.2 Å². The molecule has 18 heavy (non-hydrogen) atoms. The van der Waals surface area contributed by atoms with Gasteiger partial charge in [-0.3, -0.25) is 0 Å². The number of thiophene rings is 1. The molecular weight excluding hydrogens is 383 g/mol. The molecule has 0 aliphatic heterocycles. The molecule has 1 aromatic carbocycles. The molecule has 96 valence electrons. The van der Waals surface area contributed by atoms with E-state index in [9.17, 15) is 4.39 Å². The first-order chi connectivity index (χ1) is 8.52. The molecule has 0 spiro atoms. The fraction of sp³-hybridized carbons (Fsp3) is 0.231. The maximum Gasteiger partial charge on any atom is 0.141 e. The highest BCUT2D eigenvalue weighted by atomic mass is 79.9. The molecule has 0 saturated heterocycles. The van der Waals surface area contributed by atoms with Crippen molar-refractivity contribution in [2.75, 3.05) is 7.11 Å². The Morgan fingerprint density at radius 1 is 1.33 bits per heavy atom. The summed E-state index contributed by atoms with van der Waals surface area (Å²) in [5.74, 6) is 0.223. The van der Waals surface area contributed by atoms with Crippen LogP contribution in [0.5, 0.6) is 5.75 Å². The van der Waals surface area contributed by atoms with Gasteiger partial charge in [-0.15, -0.1) is 11.3 Å². The average molecular weight is 394 g/mol. The Morgan fingerprint density at radius 2 is 2.06 bits per heavy atom. The summed E-state index contributed by atoms with van der Waals surface area (Å²) < 4.78 is 19.2. The number of benzene rings is 1. The van der Waals surface area contributed by atoms with Crippen molar-refractivity contribution in [1.29, 1.82) is 0 Å². The van der Waals surface area contributed by atoms with Crippen LogP contribution in [-0.4, -0.2) is 7.11 Å². The van der Waals surface area contributed by atoms with Crippen LogP contribution in [0, 0.1) is 12.7 Å². The standard InChI is InChI=1S/C13H11Br2FOS/c1-7-3-4-12(18-7)13(15)8-5-9(14)10(16)6-11(8)17-2/h3-6,13H,1-2H3. The Hall–Kier alpha value is -0.390. The van der Waals surface area contributed by atoms with Crippen LogP contribution in [-0.2, 0) is 0 Å². The van der Waals surface area contributed by atoms with E-state index >= 15 is 0 Å². The van der Waals surface area contributed by atoms with Crippen molar-refractivity contribution in [2.24, 2.45) is 0 Å². The quantitative estimate of drug-likeness (QED) is 0.630. The third-order valence-corrected chi connectivity index (χ3v) is 5.52. The van der Waals surface area contributed by atoms with Crippen molar-refractivity contribution in [1.82, 2.24) is 0 Å². The minimum Gasteiger partial charge on any atom is -0.496 e. The number of methoxy groups -OCH3 is 1. The Bertz CT molecular complexity index is 568. The SMILES string of the molecule is COc1cc(F)c(Br)cc1C(Br)c1ccc(C)s1. The lowest BCUT2D eigenvalue weighted by molar-refractivity contribution is 0.406. The van der Waals surface area contributed by atoms with Crippen molar-refractivity contribution in [3.63, 3.8) is 0 Å². The van der Waals surface area contributed by atoms with Crippen molar-refractivity contribution in [2.45, 2.75) is 11.8 Å². The maximum absolute atomic E-state index is 13.5. The highest BCUT2D eigenvalue weighted by Crippen LogP contribution is 2.41. The van der Waals surface area contributed by atoms with E-state index in [1.165, 1.54) is 15.8 Å². The van der Waals surface area contributed by atoms with E-state index in [4.69, 9.17) is 4.74 Å². The first-order valence-electron chi connectivity index (χ1n) is 5.26. The lowest BCUT2D eigenvalue weighted by Gasteiger charge is -2.14. The molecule has 1 nitrogen and oxygen atoms in total. The van der Waals surface area contributed by atoms with Gasteiger partial charge in [0.1, 0.15) is 11.6 Å². The molecule has 1 aromatic heterocycles. The summed E-state index contributed by atoms with van der Waals surface area (Å²) in [7, 11) is 1.55. The summed E-state index contributed by atoms with van der Waals surface area (Å²) in [5, 5.41) is 0. The van der Waals surface area contributed by atoms with E-state index < -0.39 is 0 Å². The van der Waals surface area contributed by atoms with E-state index in [1.54, 1.807) is 24.5 Å². The molecule has 1 unspecified atom stereocenters. The Morgan fingerprint density at radius 3 is 2.61 bits per heavy atom. The number of hydrogen-bond acceptors (Lipinski definition) is 2. The summed E-state index contributed by atoms with van der Waals surface area (Å²) in [6.45, 7) is 2.06. The van der Waals surface area contributed by atoms with Crippen LogP contribution in [0.4, 0.5) is 4.39 Å². The largest absolute Gasteiger partial charge is 0.496 e. The molecule has 0 aliphatic carbocycles. The summed E-state index contributed by atoms with van der Waals surface area (Å²) in [6, 6.07) is 7.28. The molecule has 1 heterocycles. The third-order valence-electron chi connectivity index (χ3n) is 2.56. The second-order valence-corrected chi connectivity index (χ2v) is 6.91. The summed E-state index contributed by atoms with van der Waals surface area (Å²) in [6.07, 6.45) is 0. The number of halogens is 3.